The number of carbonyl (C=O) groups is 2. The summed E-state index contributed by atoms with van der Waals surface area (Å²) in [7, 11) is 4.53. The molecule has 37 heavy (non-hydrogen) atoms. The molecule has 9 heteroatoms. The smallest absolute Gasteiger partial charge is 0.419 e. The highest BCUT2D eigenvalue weighted by molar-refractivity contribution is 5.95. The average Bonchev–Trinajstić information content (AvgIpc) is 3.19. The molecule has 1 N–H and O–H groups in total. The van der Waals surface area contributed by atoms with Crippen molar-refractivity contribution >= 4 is 23.0 Å². The molecule has 202 valence electrons. The molecule has 2 aromatic rings. The van der Waals surface area contributed by atoms with Gasteiger partial charge in [0.1, 0.15) is 11.4 Å². The van der Waals surface area contributed by atoms with Crippen LogP contribution in [-0.2, 0) is 25.4 Å². The molecule has 5 rings (SSSR count). The standard InChI is InChI=1S/C28H38N2O7/c1-28(2,3)37-27(33)30-20-12-16(34-4)7-8-17(20)18-9-10-29-14-15-11-22(31)25(35-5)23(26(32)36-6)19(15)13-21(29)24(18)30/h7-8,12,15,19,21-23,25,31H,9-11,13-14H2,1-6H3/t15-,19+,21-,22-,23+,25+/m0/s1. The van der Waals surface area contributed by atoms with Crippen LogP contribution in [0.1, 0.15) is 50.9 Å². The minimum absolute atomic E-state index is 0.0485. The third-order valence-electron chi connectivity index (χ3n) is 8.36. The molecule has 1 saturated carbocycles. The predicted octanol–water partition coefficient (Wildman–Crippen LogP) is 3.54. The highest BCUT2D eigenvalue weighted by Crippen LogP contribution is 2.51. The Morgan fingerprint density at radius 3 is 2.51 bits per heavy atom. The minimum Gasteiger partial charge on any atom is -0.497 e. The van der Waals surface area contributed by atoms with Gasteiger partial charge >= 0.3 is 12.1 Å². The molecular formula is C28H38N2O7. The molecule has 1 aromatic heterocycles. The van der Waals surface area contributed by atoms with E-state index in [0.717, 1.165) is 41.7 Å². The van der Waals surface area contributed by atoms with Gasteiger partial charge in [0.05, 0.1) is 49.6 Å². The SMILES string of the molecule is COC(=O)[C@@H]1[C@@H]2C[C@H]3c4c(c5ccc(OC)cc5n4C(=O)OC(C)(C)C)CCN3C[C@@H]2C[C@H](O)[C@H]1OC. The summed E-state index contributed by atoms with van der Waals surface area (Å²) in [5.74, 6) is -0.184. The van der Waals surface area contributed by atoms with Gasteiger partial charge in [-0.25, -0.2) is 9.36 Å². The summed E-state index contributed by atoms with van der Waals surface area (Å²) in [6.07, 6.45) is 0.247. The van der Waals surface area contributed by atoms with E-state index in [2.05, 4.69) is 4.90 Å². The monoisotopic (exact) mass is 514 g/mol. The summed E-state index contributed by atoms with van der Waals surface area (Å²) in [6, 6.07) is 5.74. The number of rotatable bonds is 3. The van der Waals surface area contributed by atoms with E-state index in [4.69, 9.17) is 18.9 Å². The third-order valence-corrected chi connectivity index (χ3v) is 8.36. The highest BCUT2D eigenvalue weighted by Gasteiger charge is 2.53. The predicted molar refractivity (Wildman–Crippen MR) is 137 cm³/mol. The van der Waals surface area contributed by atoms with Gasteiger partial charge in [-0.15, -0.1) is 0 Å². The van der Waals surface area contributed by atoms with Gasteiger partial charge in [0.25, 0.3) is 0 Å². The van der Waals surface area contributed by atoms with E-state index >= 15 is 0 Å². The van der Waals surface area contributed by atoms with E-state index in [0.29, 0.717) is 18.6 Å². The Hall–Kier alpha value is -2.62. The summed E-state index contributed by atoms with van der Waals surface area (Å²) in [5, 5.41) is 11.8. The number of ether oxygens (including phenoxy) is 4. The zero-order chi connectivity index (χ0) is 26.6. The molecule has 1 saturated heterocycles. The largest absolute Gasteiger partial charge is 0.497 e. The molecule has 0 bridgehead atoms. The molecule has 6 atom stereocenters. The lowest BCUT2D eigenvalue weighted by Gasteiger charge is -2.52. The van der Waals surface area contributed by atoms with Crippen molar-refractivity contribution in [2.24, 2.45) is 17.8 Å². The third kappa shape index (κ3) is 4.41. The zero-order valence-corrected chi connectivity index (χ0v) is 22.5. The van der Waals surface area contributed by atoms with E-state index < -0.39 is 29.8 Å². The number of aliphatic hydroxyl groups excluding tert-OH is 1. The van der Waals surface area contributed by atoms with Crippen molar-refractivity contribution in [2.45, 2.75) is 63.9 Å². The molecule has 3 aliphatic rings. The van der Waals surface area contributed by atoms with Gasteiger partial charge in [0.15, 0.2) is 0 Å². The number of methoxy groups -OCH3 is 3. The maximum Gasteiger partial charge on any atom is 0.419 e. The van der Waals surface area contributed by atoms with Crippen molar-refractivity contribution in [1.82, 2.24) is 9.47 Å². The van der Waals surface area contributed by atoms with Crippen LogP contribution in [0, 0.1) is 17.8 Å². The second kappa shape index (κ2) is 9.60. The lowest BCUT2D eigenvalue weighted by atomic mass is 9.64. The number of benzene rings is 1. The first-order chi connectivity index (χ1) is 17.6. The van der Waals surface area contributed by atoms with Crippen molar-refractivity contribution < 1.29 is 33.6 Å². The van der Waals surface area contributed by atoms with E-state index in [1.54, 1.807) is 11.7 Å². The number of aliphatic hydroxyl groups is 1. The van der Waals surface area contributed by atoms with Gasteiger partial charge in [-0.2, -0.15) is 0 Å². The van der Waals surface area contributed by atoms with Crippen molar-refractivity contribution in [3.63, 3.8) is 0 Å². The Kier molecular flexibility index (Phi) is 6.75. The molecule has 1 aliphatic carbocycles. The number of fused-ring (bicyclic) bond motifs is 6. The van der Waals surface area contributed by atoms with Crippen LogP contribution in [0.15, 0.2) is 18.2 Å². The Balaban J connectivity index is 1.63. The molecule has 3 heterocycles. The molecule has 0 radical (unpaired) electrons. The molecule has 0 unspecified atom stereocenters. The number of esters is 1. The van der Waals surface area contributed by atoms with Crippen LogP contribution in [0.3, 0.4) is 0 Å². The Labute approximate surface area is 217 Å². The van der Waals surface area contributed by atoms with Crippen LogP contribution in [-0.4, -0.2) is 78.9 Å². The number of hydrogen-bond acceptors (Lipinski definition) is 8. The van der Waals surface area contributed by atoms with Crippen LogP contribution in [0.5, 0.6) is 5.75 Å². The minimum atomic E-state index is -0.729. The van der Waals surface area contributed by atoms with Crippen LogP contribution in [0.4, 0.5) is 4.79 Å². The summed E-state index contributed by atoms with van der Waals surface area (Å²) in [6.45, 7) is 7.16. The van der Waals surface area contributed by atoms with Gasteiger partial charge in [-0.1, -0.05) is 0 Å². The van der Waals surface area contributed by atoms with E-state index in [1.807, 2.05) is 39.0 Å². The second-order valence-corrected chi connectivity index (χ2v) is 11.5. The molecule has 1 aromatic carbocycles. The van der Waals surface area contributed by atoms with E-state index in [1.165, 1.54) is 14.2 Å². The first-order valence-electron chi connectivity index (χ1n) is 13.0. The molecule has 0 amide bonds. The summed E-state index contributed by atoms with van der Waals surface area (Å²) in [4.78, 5) is 29.0. The quantitative estimate of drug-likeness (QED) is 0.621. The first-order valence-corrected chi connectivity index (χ1v) is 13.0. The van der Waals surface area contributed by atoms with Crippen molar-refractivity contribution in [3.8, 4) is 5.75 Å². The van der Waals surface area contributed by atoms with Crippen molar-refractivity contribution in [2.75, 3.05) is 34.4 Å². The Bertz CT molecular complexity index is 1200. The number of aromatic nitrogens is 1. The lowest BCUT2D eigenvalue weighted by Crippen LogP contribution is -2.57. The van der Waals surface area contributed by atoms with Gasteiger partial charge in [0.2, 0.25) is 0 Å². The fourth-order valence-corrected chi connectivity index (χ4v) is 6.91. The summed E-state index contributed by atoms with van der Waals surface area (Å²) >= 11 is 0. The topological polar surface area (TPSA) is 99.5 Å². The maximum absolute atomic E-state index is 13.7. The maximum atomic E-state index is 13.7. The Morgan fingerprint density at radius 1 is 1.11 bits per heavy atom. The number of nitrogens with zero attached hydrogens (tertiary/aromatic N) is 2. The van der Waals surface area contributed by atoms with E-state index in [9.17, 15) is 14.7 Å². The highest BCUT2D eigenvalue weighted by atomic mass is 16.6. The number of hydrogen-bond donors (Lipinski definition) is 1. The van der Waals surface area contributed by atoms with Crippen LogP contribution in [0.2, 0.25) is 0 Å². The molecule has 2 aliphatic heterocycles. The first kappa shape index (κ1) is 26.0. The summed E-state index contributed by atoms with van der Waals surface area (Å²) < 4.78 is 23.9. The fourth-order valence-electron chi connectivity index (χ4n) is 6.91. The van der Waals surface area contributed by atoms with Crippen LogP contribution in [0.25, 0.3) is 10.9 Å². The van der Waals surface area contributed by atoms with Crippen molar-refractivity contribution in [3.05, 3.63) is 29.5 Å². The Morgan fingerprint density at radius 2 is 1.86 bits per heavy atom. The number of carbonyl (C=O) groups excluding carboxylic acids is 2. The fraction of sp³-hybridized carbons (Fsp3) is 0.643. The van der Waals surface area contributed by atoms with Crippen LogP contribution >= 0.6 is 0 Å². The van der Waals surface area contributed by atoms with E-state index in [-0.39, 0.29) is 23.8 Å². The lowest BCUT2D eigenvalue weighted by molar-refractivity contribution is -0.175. The number of piperidine rings is 1. The van der Waals surface area contributed by atoms with Gasteiger partial charge in [-0.05, 0) is 69.6 Å². The second-order valence-electron chi connectivity index (χ2n) is 11.5. The summed E-state index contributed by atoms with van der Waals surface area (Å²) in [5.41, 5.74) is 2.16. The van der Waals surface area contributed by atoms with Gasteiger partial charge in [-0.3, -0.25) is 9.69 Å². The van der Waals surface area contributed by atoms with Gasteiger partial charge < -0.3 is 24.1 Å². The van der Waals surface area contributed by atoms with Crippen LogP contribution < -0.4 is 4.74 Å². The molecule has 0 spiro atoms. The van der Waals surface area contributed by atoms with Gasteiger partial charge in [0, 0.05) is 31.7 Å². The average molecular weight is 515 g/mol. The van der Waals surface area contributed by atoms with Crippen molar-refractivity contribution in [1.29, 1.82) is 0 Å². The molecule has 9 nitrogen and oxygen atoms in total. The molecule has 2 fully saturated rings. The zero-order valence-electron chi connectivity index (χ0n) is 22.5. The molecular weight excluding hydrogens is 476 g/mol. The normalized spacial score (nSPS) is 29.7.